The molecular weight excluding hydrogens is 330 g/mol. The first-order chi connectivity index (χ1) is 12.0. The molecule has 25 heavy (non-hydrogen) atoms. The van der Waals surface area contributed by atoms with Crippen molar-refractivity contribution >= 4 is 12.1 Å². The van der Waals surface area contributed by atoms with Crippen LogP contribution in [0.3, 0.4) is 0 Å². The molecular formula is C15H17N5O5. The van der Waals surface area contributed by atoms with Crippen molar-refractivity contribution in [2.45, 2.75) is 12.8 Å². The van der Waals surface area contributed by atoms with E-state index in [-0.39, 0.29) is 18.5 Å². The van der Waals surface area contributed by atoms with Crippen LogP contribution in [0.1, 0.15) is 17.7 Å². The molecule has 1 aromatic heterocycles. The number of aromatic nitrogens is 3. The molecule has 0 unspecified atom stereocenters. The van der Waals surface area contributed by atoms with Gasteiger partial charge in [-0.15, -0.1) is 0 Å². The molecule has 0 aliphatic heterocycles. The summed E-state index contributed by atoms with van der Waals surface area (Å²) < 4.78 is 10.3. The maximum Gasteiger partial charge on any atom is 0.342 e. The molecule has 2 aromatic rings. The molecule has 0 radical (unpaired) electrons. The number of amides is 1. The predicted octanol–water partition coefficient (Wildman–Crippen LogP) is -0.442. The summed E-state index contributed by atoms with van der Waals surface area (Å²) in [5, 5.41) is 9.54. The van der Waals surface area contributed by atoms with E-state index in [2.05, 4.69) is 20.7 Å². The first kappa shape index (κ1) is 17.9. The van der Waals surface area contributed by atoms with Gasteiger partial charge in [-0.1, -0.05) is 0 Å². The lowest BCUT2D eigenvalue weighted by Crippen LogP contribution is -2.28. The Labute approximate surface area is 141 Å². The lowest BCUT2D eigenvalue weighted by molar-refractivity contribution is -0.121. The largest absolute Gasteiger partial charge is 0.497 e. The van der Waals surface area contributed by atoms with Gasteiger partial charge in [0.2, 0.25) is 5.91 Å². The van der Waals surface area contributed by atoms with Crippen LogP contribution in [0.15, 0.2) is 32.9 Å². The van der Waals surface area contributed by atoms with Gasteiger partial charge in [0.25, 0.3) is 5.56 Å². The lowest BCUT2D eigenvalue weighted by Gasteiger charge is -2.06. The number of H-pyrrole nitrogens is 2. The molecule has 0 fully saturated rings. The van der Waals surface area contributed by atoms with Crippen molar-refractivity contribution in [2.24, 2.45) is 5.10 Å². The van der Waals surface area contributed by atoms with Gasteiger partial charge in [-0.3, -0.25) is 14.6 Å². The molecule has 132 valence electrons. The van der Waals surface area contributed by atoms with Gasteiger partial charge < -0.3 is 9.47 Å². The Hall–Kier alpha value is -3.43. The molecule has 0 atom stereocenters. The first-order valence-corrected chi connectivity index (χ1v) is 7.25. The van der Waals surface area contributed by atoms with Gasteiger partial charge in [-0.05, 0) is 12.1 Å². The van der Waals surface area contributed by atoms with Crippen LogP contribution < -0.4 is 26.1 Å². The molecule has 1 amide bonds. The summed E-state index contributed by atoms with van der Waals surface area (Å²) >= 11 is 0. The van der Waals surface area contributed by atoms with E-state index in [9.17, 15) is 14.4 Å². The van der Waals surface area contributed by atoms with Crippen LogP contribution >= 0.6 is 0 Å². The van der Waals surface area contributed by atoms with Gasteiger partial charge in [0, 0.05) is 24.5 Å². The van der Waals surface area contributed by atoms with Crippen molar-refractivity contribution in [1.29, 1.82) is 0 Å². The molecule has 0 saturated carbocycles. The fraction of sp³-hybridized carbons (Fsp3) is 0.267. The highest BCUT2D eigenvalue weighted by molar-refractivity contribution is 5.85. The Kier molecular flexibility index (Phi) is 6.04. The zero-order chi connectivity index (χ0) is 18.2. The average Bonchev–Trinajstić information content (AvgIpc) is 2.61. The smallest absolute Gasteiger partial charge is 0.342 e. The van der Waals surface area contributed by atoms with Crippen LogP contribution in [0, 0.1) is 0 Å². The minimum atomic E-state index is -0.698. The Morgan fingerprint density at radius 1 is 1.32 bits per heavy atom. The summed E-state index contributed by atoms with van der Waals surface area (Å²) in [5.74, 6) is 0.772. The molecule has 0 aliphatic carbocycles. The molecule has 0 spiro atoms. The average molecular weight is 347 g/mol. The second-order valence-electron chi connectivity index (χ2n) is 4.85. The van der Waals surface area contributed by atoms with Gasteiger partial charge in [0.05, 0.1) is 20.4 Å². The monoisotopic (exact) mass is 347 g/mol. The predicted molar refractivity (Wildman–Crippen MR) is 89.1 cm³/mol. The van der Waals surface area contributed by atoms with Crippen LogP contribution in [0.25, 0.3) is 0 Å². The quantitative estimate of drug-likeness (QED) is 0.458. The number of benzene rings is 1. The summed E-state index contributed by atoms with van der Waals surface area (Å²) in [6.07, 6.45) is 1.49. The molecule has 2 rings (SSSR count). The Morgan fingerprint density at radius 3 is 2.80 bits per heavy atom. The molecule has 0 bridgehead atoms. The number of aryl methyl sites for hydroxylation is 1. The third-order valence-corrected chi connectivity index (χ3v) is 3.20. The second kappa shape index (κ2) is 8.43. The van der Waals surface area contributed by atoms with Gasteiger partial charge in [0.1, 0.15) is 17.2 Å². The number of carbonyl (C=O) groups excluding carboxylic acids is 1. The number of rotatable bonds is 7. The number of nitrogens with zero attached hydrogens (tertiary/aromatic N) is 2. The van der Waals surface area contributed by atoms with Crippen LogP contribution in [-0.4, -0.2) is 41.5 Å². The minimum Gasteiger partial charge on any atom is -0.497 e. The normalized spacial score (nSPS) is 10.6. The molecule has 0 saturated heterocycles. The van der Waals surface area contributed by atoms with E-state index in [0.717, 1.165) is 0 Å². The third kappa shape index (κ3) is 5.03. The standard InChI is InChI=1S/C15H17N5O5/c1-24-10-4-3-9(12(7-10)25-2)8-16-19-13(21)6-5-11-14(22)17-15(23)20-18-11/h3-4,7-8H,5-6H2,1-2H3,(H,19,21)(H2,17,20,22,23)/b16-8+. The third-order valence-electron chi connectivity index (χ3n) is 3.20. The number of ether oxygens (including phenoxy) is 2. The summed E-state index contributed by atoms with van der Waals surface area (Å²) in [6.45, 7) is 0. The highest BCUT2D eigenvalue weighted by atomic mass is 16.5. The number of nitrogens with one attached hydrogen (secondary N) is 3. The number of hydrogen-bond donors (Lipinski definition) is 3. The van der Waals surface area contributed by atoms with E-state index in [4.69, 9.17) is 9.47 Å². The molecule has 3 N–H and O–H groups in total. The fourth-order valence-corrected chi connectivity index (χ4v) is 1.93. The van der Waals surface area contributed by atoms with Crippen molar-refractivity contribution in [3.05, 3.63) is 50.3 Å². The van der Waals surface area contributed by atoms with Crippen molar-refractivity contribution in [3.63, 3.8) is 0 Å². The molecule has 1 heterocycles. The first-order valence-electron chi connectivity index (χ1n) is 7.25. The zero-order valence-electron chi connectivity index (χ0n) is 13.7. The Bertz CT molecular complexity index is 886. The van der Waals surface area contributed by atoms with Gasteiger partial charge >= 0.3 is 5.69 Å². The van der Waals surface area contributed by atoms with Crippen molar-refractivity contribution in [3.8, 4) is 11.5 Å². The topological polar surface area (TPSA) is 139 Å². The minimum absolute atomic E-state index is 0.0147. The van der Waals surface area contributed by atoms with Crippen LogP contribution in [0.4, 0.5) is 0 Å². The molecule has 10 heteroatoms. The van der Waals surface area contributed by atoms with Gasteiger partial charge in [0.15, 0.2) is 0 Å². The van der Waals surface area contributed by atoms with E-state index in [1.54, 1.807) is 25.3 Å². The highest BCUT2D eigenvalue weighted by Gasteiger charge is 2.07. The van der Waals surface area contributed by atoms with E-state index in [0.29, 0.717) is 17.1 Å². The van der Waals surface area contributed by atoms with Gasteiger partial charge in [-0.2, -0.15) is 10.2 Å². The number of hydrogen-bond acceptors (Lipinski definition) is 7. The van der Waals surface area contributed by atoms with Crippen molar-refractivity contribution < 1.29 is 14.3 Å². The van der Waals surface area contributed by atoms with Crippen molar-refractivity contribution in [2.75, 3.05) is 14.2 Å². The SMILES string of the molecule is COc1ccc(/C=N/NC(=O)CCc2n[nH]c(=O)[nH]c2=O)c(OC)c1. The van der Waals surface area contributed by atoms with Crippen LogP contribution in [0.5, 0.6) is 11.5 Å². The molecule has 10 nitrogen and oxygen atoms in total. The van der Waals surface area contributed by atoms with E-state index >= 15 is 0 Å². The summed E-state index contributed by atoms with van der Waals surface area (Å²) in [6, 6.07) is 5.16. The van der Waals surface area contributed by atoms with Crippen LogP contribution in [0.2, 0.25) is 0 Å². The van der Waals surface area contributed by atoms with E-state index in [1.165, 1.54) is 13.3 Å². The Balaban J connectivity index is 1.92. The fourth-order valence-electron chi connectivity index (χ4n) is 1.93. The number of methoxy groups -OCH3 is 2. The van der Waals surface area contributed by atoms with E-state index < -0.39 is 17.2 Å². The number of hydrazone groups is 1. The summed E-state index contributed by atoms with van der Waals surface area (Å²) in [7, 11) is 3.06. The van der Waals surface area contributed by atoms with Crippen molar-refractivity contribution in [1.82, 2.24) is 20.6 Å². The lowest BCUT2D eigenvalue weighted by atomic mass is 10.2. The Morgan fingerprint density at radius 2 is 2.12 bits per heavy atom. The second-order valence-corrected chi connectivity index (χ2v) is 4.85. The summed E-state index contributed by atoms with van der Waals surface area (Å²) in [4.78, 5) is 36.1. The maximum atomic E-state index is 11.8. The van der Waals surface area contributed by atoms with Crippen LogP contribution in [-0.2, 0) is 11.2 Å². The zero-order valence-corrected chi connectivity index (χ0v) is 13.7. The molecule has 1 aromatic carbocycles. The number of carbonyl (C=O) groups is 1. The maximum absolute atomic E-state index is 11.8. The van der Waals surface area contributed by atoms with E-state index in [1.807, 2.05) is 4.98 Å². The molecule has 0 aliphatic rings. The highest BCUT2D eigenvalue weighted by Crippen LogP contribution is 2.22. The van der Waals surface area contributed by atoms with Gasteiger partial charge in [-0.25, -0.2) is 15.3 Å². The summed E-state index contributed by atoms with van der Waals surface area (Å²) in [5.41, 5.74) is 1.74. The number of aromatic amines is 2.